The van der Waals surface area contributed by atoms with Crippen LogP contribution in [0.3, 0.4) is 0 Å². The molecule has 156 valence electrons. The highest BCUT2D eigenvalue weighted by atomic mass is 16.5. The Morgan fingerprint density at radius 1 is 0.679 bits per heavy atom. The molecule has 0 heterocycles. The standard InChI is InChI=1S/C24H36O4/c1-8-9-10-11-12-13-14-15-16-24(27,28)22(7)20(5)18(3)17(2)19(4)21(6)23(25)26/h27-28H,2-16H2,1H3,(H,25,26). The molecule has 0 spiro atoms. The lowest BCUT2D eigenvalue weighted by atomic mass is 9.86. The number of aliphatic carboxylic acids is 1. The summed E-state index contributed by atoms with van der Waals surface area (Å²) in [4.78, 5) is 11.0. The maximum absolute atomic E-state index is 11.0. The maximum atomic E-state index is 11.0. The lowest BCUT2D eigenvalue weighted by molar-refractivity contribution is -0.132. The Morgan fingerprint density at radius 3 is 1.54 bits per heavy atom. The van der Waals surface area contributed by atoms with Gasteiger partial charge in [0.15, 0.2) is 5.79 Å². The summed E-state index contributed by atoms with van der Waals surface area (Å²) in [7, 11) is 0. The first-order chi connectivity index (χ1) is 13.0. The van der Waals surface area contributed by atoms with Crippen molar-refractivity contribution < 1.29 is 20.1 Å². The Hall–Kier alpha value is -2.17. The average molecular weight is 389 g/mol. The number of rotatable bonds is 16. The number of hydrogen-bond donors (Lipinski definition) is 3. The third kappa shape index (κ3) is 8.24. The molecule has 0 radical (unpaired) electrons. The monoisotopic (exact) mass is 388 g/mol. The van der Waals surface area contributed by atoms with Gasteiger partial charge in [-0.2, -0.15) is 0 Å². The SMILES string of the molecule is C=C(C(=C)C(=C)C(=C)C(O)(O)CCCCCCCCCC)C(=C)C(=C)C(=O)O. The number of carboxylic acid groups (broad SMARTS) is 1. The zero-order valence-corrected chi connectivity index (χ0v) is 17.4. The largest absolute Gasteiger partial charge is 0.478 e. The average Bonchev–Trinajstić information content (AvgIpc) is 2.66. The van der Waals surface area contributed by atoms with Crippen molar-refractivity contribution in [1.29, 1.82) is 0 Å². The Kier molecular flexibility index (Phi) is 11.4. The summed E-state index contributed by atoms with van der Waals surface area (Å²) >= 11 is 0. The minimum Gasteiger partial charge on any atom is -0.478 e. The molecule has 28 heavy (non-hydrogen) atoms. The Labute approximate surface area is 170 Å². The molecule has 0 aliphatic heterocycles. The predicted molar refractivity (Wildman–Crippen MR) is 117 cm³/mol. The summed E-state index contributed by atoms with van der Waals surface area (Å²) in [5.41, 5.74) is 0.602. The van der Waals surface area contributed by atoms with Crippen molar-refractivity contribution in [2.24, 2.45) is 0 Å². The van der Waals surface area contributed by atoms with E-state index in [4.69, 9.17) is 5.11 Å². The fourth-order valence-electron chi connectivity index (χ4n) is 2.76. The van der Waals surface area contributed by atoms with E-state index in [1.54, 1.807) is 0 Å². The van der Waals surface area contributed by atoms with Crippen molar-refractivity contribution in [3.05, 3.63) is 72.9 Å². The molecule has 4 nitrogen and oxygen atoms in total. The number of aliphatic hydroxyl groups is 2. The maximum Gasteiger partial charge on any atom is 0.335 e. The number of hydrogen-bond acceptors (Lipinski definition) is 3. The quantitative estimate of drug-likeness (QED) is 0.139. The second kappa shape index (κ2) is 12.3. The fraction of sp³-hybridized carbons (Fsp3) is 0.458. The van der Waals surface area contributed by atoms with E-state index in [1.807, 2.05) is 0 Å². The van der Waals surface area contributed by atoms with Crippen LogP contribution in [0.1, 0.15) is 64.7 Å². The molecule has 0 aliphatic carbocycles. The van der Waals surface area contributed by atoms with Gasteiger partial charge in [0.2, 0.25) is 0 Å². The molecule has 0 saturated heterocycles. The Bertz CT molecular complexity index is 650. The van der Waals surface area contributed by atoms with Gasteiger partial charge in [0, 0.05) is 12.0 Å². The number of allylic oxidation sites excluding steroid dienone is 2. The van der Waals surface area contributed by atoms with Crippen molar-refractivity contribution in [2.45, 2.75) is 70.5 Å². The summed E-state index contributed by atoms with van der Waals surface area (Å²) in [5, 5.41) is 29.8. The van der Waals surface area contributed by atoms with Gasteiger partial charge in [-0.15, -0.1) is 0 Å². The minimum absolute atomic E-state index is 0.0235. The highest BCUT2D eigenvalue weighted by molar-refractivity contribution is 5.93. The van der Waals surface area contributed by atoms with Crippen molar-refractivity contribution in [1.82, 2.24) is 0 Å². The molecule has 0 fully saturated rings. The highest BCUT2D eigenvalue weighted by Gasteiger charge is 2.30. The highest BCUT2D eigenvalue weighted by Crippen LogP contribution is 2.33. The first-order valence-corrected chi connectivity index (χ1v) is 9.81. The van der Waals surface area contributed by atoms with Crippen LogP contribution in [0, 0.1) is 0 Å². The van der Waals surface area contributed by atoms with Crippen LogP contribution < -0.4 is 0 Å². The van der Waals surface area contributed by atoms with Gasteiger partial charge in [0.05, 0.1) is 5.57 Å². The second-order valence-electron chi connectivity index (χ2n) is 7.22. The van der Waals surface area contributed by atoms with Gasteiger partial charge in [-0.05, 0) is 28.7 Å². The van der Waals surface area contributed by atoms with Crippen LogP contribution in [-0.2, 0) is 4.79 Å². The summed E-state index contributed by atoms with van der Waals surface area (Å²) in [6.45, 7) is 24.4. The van der Waals surface area contributed by atoms with Gasteiger partial charge < -0.3 is 15.3 Å². The van der Waals surface area contributed by atoms with Gasteiger partial charge in [0.1, 0.15) is 0 Å². The van der Waals surface area contributed by atoms with E-state index in [9.17, 15) is 15.0 Å². The van der Waals surface area contributed by atoms with Crippen LogP contribution in [0.15, 0.2) is 72.9 Å². The van der Waals surface area contributed by atoms with Crippen molar-refractivity contribution in [2.75, 3.05) is 0 Å². The normalized spacial score (nSPS) is 11.0. The number of carboxylic acids is 1. The third-order valence-electron chi connectivity index (χ3n) is 4.94. The van der Waals surface area contributed by atoms with E-state index in [2.05, 4.69) is 46.4 Å². The summed E-state index contributed by atoms with van der Waals surface area (Å²) in [6, 6.07) is 0. The zero-order chi connectivity index (χ0) is 21.9. The molecule has 0 aromatic carbocycles. The van der Waals surface area contributed by atoms with Crippen molar-refractivity contribution >= 4 is 5.97 Å². The van der Waals surface area contributed by atoms with E-state index in [0.717, 1.165) is 19.3 Å². The molecule has 0 saturated carbocycles. The molecule has 4 heteroatoms. The van der Waals surface area contributed by atoms with Crippen LogP contribution in [0.5, 0.6) is 0 Å². The zero-order valence-electron chi connectivity index (χ0n) is 17.4. The predicted octanol–water partition coefficient (Wildman–Crippen LogP) is 5.62. The molecular weight excluding hydrogens is 352 g/mol. The lowest BCUT2D eigenvalue weighted by Gasteiger charge is -2.27. The molecule has 0 bridgehead atoms. The fourth-order valence-corrected chi connectivity index (χ4v) is 2.76. The lowest BCUT2D eigenvalue weighted by Crippen LogP contribution is -2.31. The van der Waals surface area contributed by atoms with Crippen LogP contribution in [0.25, 0.3) is 0 Å². The molecule has 0 unspecified atom stereocenters. The van der Waals surface area contributed by atoms with Crippen LogP contribution in [0.4, 0.5) is 0 Å². The van der Waals surface area contributed by atoms with Gasteiger partial charge in [-0.3, -0.25) is 0 Å². The molecule has 3 N–H and O–H groups in total. The van der Waals surface area contributed by atoms with Crippen molar-refractivity contribution in [3.8, 4) is 0 Å². The molecule has 0 aromatic heterocycles. The van der Waals surface area contributed by atoms with Crippen LogP contribution in [0.2, 0.25) is 0 Å². The smallest absolute Gasteiger partial charge is 0.335 e. The van der Waals surface area contributed by atoms with Crippen LogP contribution in [-0.4, -0.2) is 27.1 Å². The summed E-state index contributed by atoms with van der Waals surface area (Å²) in [5.74, 6) is -3.31. The number of unbranched alkanes of at least 4 members (excludes halogenated alkanes) is 7. The summed E-state index contributed by atoms with van der Waals surface area (Å²) in [6.07, 6.45) is 8.89. The Morgan fingerprint density at radius 2 is 1.07 bits per heavy atom. The molecule has 0 aliphatic rings. The Balaban J connectivity index is 4.61. The molecule has 0 atom stereocenters. The van der Waals surface area contributed by atoms with Crippen LogP contribution >= 0.6 is 0 Å². The summed E-state index contributed by atoms with van der Waals surface area (Å²) < 4.78 is 0. The van der Waals surface area contributed by atoms with E-state index in [-0.39, 0.29) is 39.9 Å². The second-order valence-corrected chi connectivity index (χ2v) is 7.22. The third-order valence-corrected chi connectivity index (χ3v) is 4.94. The van der Waals surface area contributed by atoms with E-state index in [1.165, 1.54) is 25.7 Å². The van der Waals surface area contributed by atoms with Gasteiger partial charge >= 0.3 is 5.97 Å². The molecule has 0 amide bonds. The van der Waals surface area contributed by atoms with Gasteiger partial charge in [0.25, 0.3) is 0 Å². The number of carbonyl (C=O) groups is 1. The molecule has 0 aromatic rings. The van der Waals surface area contributed by atoms with Crippen molar-refractivity contribution in [3.63, 3.8) is 0 Å². The topological polar surface area (TPSA) is 77.8 Å². The van der Waals surface area contributed by atoms with E-state index in [0.29, 0.717) is 6.42 Å². The van der Waals surface area contributed by atoms with E-state index < -0.39 is 11.8 Å². The first-order valence-electron chi connectivity index (χ1n) is 9.81. The van der Waals surface area contributed by atoms with E-state index >= 15 is 0 Å². The molecular formula is C24H36O4. The molecule has 0 rings (SSSR count). The minimum atomic E-state index is -2.10. The first kappa shape index (κ1) is 25.8. The van der Waals surface area contributed by atoms with Gasteiger partial charge in [-0.25, -0.2) is 4.79 Å². The van der Waals surface area contributed by atoms with Gasteiger partial charge in [-0.1, -0.05) is 91.3 Å².